The number of rotatable bonds is 5. The number of amides is 1. The quantitative estimate of drug-likeness (QED) is 0.814. The highest BCUT2D eigenvalue weighted by atomic mass is 16.5. The largest absolute Gasteiger partial charge is 0.384 e. The molecule has 1 aliphatic heterocycles. The molecule has 0 bridgehead atoms. The molecule has 1 fully saturated rings. The van der Waals surface area contributed by atoms with Crippen molar-refractivity contribution in [2.75, 3.05) is 36.9 Å². The van der Waals surface area contributed by atoms with Crippen molar-refractivity contribution in [3.63, 3.8) is 0 Å². The predicted octanol–water partition coefficient (Wildman–Crippen LogP) is 0.353. The van der Waals surface area contributed by atoms with E-state index in [1.165, 1.54) is 0 Å². The van der Waals surface area contributed by atoms with Gasteiger partial charge in [-0.25, -0.2) is 9.97 Å². The predicted molar refractivity (Wildman–Crippen MR) is 81.1 cm³/mol. The van der Waals surface area contributed by atoms with Gasteiger partial charge in [0.15, 0.2) is 0 Å². The Morgan fingerprint density at radius 3 is 3.05 bits per heavy atom. The lowest BCUT2D eigenvalue weighted by atomic mass is 10.2. The average Bonchev–Trinajstić information content (AvgIpc) is 2.51. The second-order valence-corrected chi connectivity index (χ2v) is 5.00. The van der Waals surface area contributed by atoms with Gasteiger partial charge in [-0.05, 0) is 6.42 Å². The van der Waals surface area contributed by atoms with Crippen LogP contribution in [-0.4, -0.2) is 48.2 Å². The lowest BCUT2D eigenvalue weighted by Gasteiger charge is -2.35. The van der Waals surface area contributed by atoms with Crippen LogP contribution in [0.1, 0.15) is 26.1 Å². The minimum absolute atomic E-state index is 0.0354. The molecule has 0 saturated carbocycles. The van der Waals surface area contributed by atoms with Crippen LogP contribution in [0.4, 0.5) is 11.6 Å². The summed E-state index contributed by atoms with van der Waals surface area (Å²) in [6.07, 6.45) is 1.61. The van der Waals surface area contributed by atoms with Crippen molar-refractivity contribution in [2.45, 2.75) is 32.7 Å². The van der Waals surface area contributed by atoms with E-state index in [4.69, 9.17) is 10.5 Å². The van der Waals surface area contributed by atoms with Crippen LogP contribution in [0.5, 0.6) is 0 Å². The van der Waals surface area contributed by atoms with Crippen molar-refractivity contribution in [1.82, 2.24) is 15.3 Å². The number of nitrogens with zero attached hydrogens (tertiary/aromatic N) is 3. The number of morpholine rings is 1. The van der Waals surface area contributed by atoms with Gasteiger partial charge in [0, 0.05) is 25.6 Å². The normalized spacial score (nSPS) is 18.6. The SMILES string of the molecule is CCCNC(=O)C1COCCN1c1cc(N)nc(CC)n1. The third-order valence-electron chi connectivity index (χ3n) is 3.37. The first kappa shape index (κ1) is 15.5. The maximum atomic E-state index is 12.3. The highest BCUT2D eigenvalue weighted by Crippen LogP contribution is 2.20. The molecule has 1 saturated heterocycles. The number of aromatic nitrogens is 2. The number of carbonyl (C=O) groups excluding carboxylic acids is 1. The smallest absolute Gasteiger partial charge is 0.245 e. The topological polar surface area (TPSA) is 93.4 Å². The third kappa shape index (κ3) is 3.81. The van der Waals surface area contributed by atoms with Gasteiger partial charge >= 0.3 is 0 Å². The second kappa shape index (κ2) is 7.21. The van der Waals surface area contributed by atoms with Crippen LogP contribution < -0.4 is 16.0 Å². The Labute approximate surface area is 124 Å². The number of ether oxygens (including phenoxy) is 1. The van der Waals surface area contributed by atoms with Gasteiger partial charge in [0.05, 0.1) is 13.2 Å². The Balaban J connectivity index is 2.21. The van der Waals surface area contributed by atoms with E-state index in [2.05, 4.69) is 15.3 Å². The number of nitrogen functional groups attached to an aromatic ring is 1. The average molecular weight is 293 g/mol. The monoisotopic (exact) mass is 293 g/mol. The fourth-order valence-electron chi connectivity index (χ4n) is 2.27. The molecule has 21 heavy (non-hydrogen) atoms. The van der Waals surface area contributed by atoms with Crippen molar-refractivity contribution in [2.24, 2.45) is 0 Å². The summed E-state index contributed by atoms with van der Waals surface area (Å²) in [5, 5.41) is 2.91. The molecular formula is C14H23N5O2. The fourth-order valence-corrected chi connectivity index (χ4v) is 2.27. The first-order chi connectivity index (χ1) is 10.2. The summed E-state index contributed by atoms with van der Waals surface area (Å²) in [6, 6.07) is 1.34. The van der Waals surface area contributed by atoms with Gasteiger partial charge in [-0.15, -0.1) is 0 Å². The van der Waals surface area contributed by atoms with E-state index in [0.717, 1.165) is 6.42 Å². The molecule has 2 heterocycles. The summed E-state index contributed by atoms with van der Waals surface area (Å²) in [5.74, 6) is 1.77. The van der Waals surface area contributed by atoms with Gasteiger partial charge in [-0.1, -0.05) is 13.8 Å². The first-order valence-electron chi connectivity index (χ1n) is 7.41. The molecule has 0 spiro atoms. The summed E-state index contributed by atoms with van der Waals surface area (Å²) in [5.41, 5.74) is 5.83. The molecule has 1 aromatic rings. The van der Waals surface area contributed by atoms with Gasteiger partial charge in [0.2, 0.25) is 5.91 Å². The number of hydrogen-bond acceptors (Lipinski definition) is 6. The zero-order chi connectivity index (χ0) is 15.2. The minimum Gasteiger partial charge on any atom is -0.384 e. The number of carbonyl (C=O) groups is 1. The number of anilines is 2. The summed E-state index contributed by atoms with van der Waals surface area (Å²) >= 11 is 0. The van der Waals surface area contributed by atoms with Crippen molar-refractivity contribution < 1.29 is 9.53 Å². The Bertz CT molecular complexity index is 494. The Hall–Kier alpha value is -1.89. The Kier molecular flexibility index (Phi) is 5.32. The molecule has 0 aliphatic carbocycles. The van der Waals surface area contributed by atoms with E-state index < -0.39 is 0 Å². The van der Waals surface area contributed by atoms with Crippen LogP contribution in [0.25, 0.3) is 0 Å². The second-order valence-electron chi connectivity index (χ2n) is 5.00. The van der Waals surface area contributed by atoms with Crippen LogP contribution in [-0.2, 0) is 16.0 Å². The van der Waals surface area contributed by atoms with Gasteiger partial charge in [0.1, 0.15) is 23.5 Å². The molecule has 7 nitrogen and oxygen atoms in total. The number of hydrogen-bond donors (Lipinski definition) is 2. The summed E-state index contributed by atoms with van der Waals surface area (Å²) < 4.78 is 5.44. The number of aryl methyl sites for hydroxylation is 1. The van der Waals surface area contributed by atoms with Crippen molar-refractivity contribution in [3.8, 4) is 0 Å². The zero-order valence-electron chi connectivity index (χ0n) is 12.6. The molecule has 1 aromatic heterocycles. The van der Waals surface area contributed by atoms with Crippen LogP contribution in [0.2, 0.25) is 0 Å². The zero-order valence-corrected chi connectivity index (χ0v) is 12.6. The minimum atomic E-state index is -0.371. The molecule has 1 unspecified atom stereocenters. The summed E-state index contributed by atoms with van der Waals surface area (Å²) in [7, 11) is 0. The first-order valence-corrected chi connectivity index (χ1v) is 7.41. The highest BCUT2D eigenvalue weighted by Gasteiger charge is 2.30. The fraction of sp³-hybridized carbons (Fsp3) is 0.643. The van der Waals surface area contributed by atoms with Crippen molar-refractivity contribution >= 4 is 17.5 Å². The standard InChI is InChI=1S/C14H23N5O2/c1-3-5-16-14(20)10-9-21-7-6-19(10)13-8-11(15)17-12(4-2)18-13/h8,10H,3-7,9H2,1-2H3,(H,16,20)(H2,15,17,18). The molecule has 0 radical (unpaired) electrons. The lowest BCUT2D eigenvalue weighted by Crippen LogP contribution is -2.54. The maximum Gasteiger partial charge on any atom is 0.245 e. The van der Waals surface area contributed by atoms with Crippen molar-refractivity contribution in [3.05, 3.63) is 11.9 Å². The third-order valence-corrected chi connectivity index (χ3v) is 3.37. The van der Waals surface area contributed by atoms with Crippen LogP contribution in [0.15, 0.2) is 6.07 Å². The van der Waals surface area contributed by atoms with Crippen molar-refractivity contribution in [1.29, 1.82) is 0 Å². The van der Waals surface area contributed by atoms with E-state index in [1.54, 1.807) is 6.07 Å². The maximum absolute atomic E-state index is 12.3. The molecule has 2 rings (SSSR count). The number of nitrogens with two attached hydrogens (primary N) is 1. The van der Waals surface area contributed by atoms with E-state index in [1.807, 2.05) is 18.7 Å². The summed E-state index contributed by atoms with van der Waals surface area (Å²) in [6.45, 7) is 6.21. The molecule has 1 aliphatic rings. The number of nitrogens with one attached hydrogen (secondary N) is 1. The van der Waals surface area contributed by atoms with E-state index in [0.29, 0.717) is 50.2 Å². The molecule has 116 valence electrons. The molecule has 1 atom stereocenters. The van der Waals surface area contributed by atoms with Gasteiger partial charge in [-0.3, -0.25) is 4.79 Å². The summed E-state index contributed by atoms with van der Waals surface area (Å²) in [4.78, 5) is 22.9. The molecular weight excluding hydrogens is 270 g/mol. The molecule has 1 amide bonds. The molecule has 0 aromatic carbocycles. The van der Waals surface area contributed by atoms with E-state index in [-0.39, 0.29) is 11.9 Å². The van der Waals surface area contributed by atoms with Crippen LogP contribution in [0, 0.1) is 0 Å². The van der Waals surface area contributed by atoms with Crippen LogP contribution in [0.3, 0.4) is 0 Å². The Morgan fingerprint density at radius 1 is 1.52 bits per heavy atom. The van der Waals surface area contributed by atoms with Gasteiger partial charge in [0.25, 0.3) is 0 Å². The van der Waals surface area contributed by atoms with E-state index >= 15 is 0 Å². The van der Waals surface area contributed by atoms with Gasteiger partial charge in [-0.2, -0.15) is 0 Å². The van der Waals surface area contributed by atoms with Gasteiger partial charge < -0.3 is 20.7 Å². The van der Waals surface area contributed by atoms with E-state index in [9.17, 15) is 4.79 Å². The molecule has 7 heteroatoms. The van der Waals surface area contributed by atoms with Crippen LogP contribution >= 0.6 is 0 Å². The Morgan fingerprint density at radius 2 is 2.33 bits per heavy atom. The molecule has 3 N–H and O–H groups in total. The lowest BCUT2D eigenvalue weighted by molar-refractivity contribution is -0.124. The highest BCUT2D eigenvalue weighted by molar-refractivity contribution is 5.85.